The molecule has 0 atom stereocenters. The van der Waals surface area contributed by atoms with Gasteiger partial charge in [-0.2, -0.15) is 0 Å². The third-order valence-electron chi connectivity index (χ3n) is 8.78. The molecule has 0 saturated heterocycles. The first-order chi connectivity index (χ1) is 24.2. The highest BCUT2D eigenvalue weighted by atomic mass is 14.7. The molecule has 5 aromatic heterocycles. The Hall–Kier alpha value is -6.59. The Morgan fingerprint density at radius 1 is 0.327 bits per heavy atom. The normalized spacial score (nSPS) is 11.0. The van der Waals surface area contributed by atoms with Gasteiger partial charge in [0.1, 0.15) is 0 Å². The average molecular weight is 630 g/mol. The summed E-state index contributed by atoms with van der Waals surface area (Å²) < 4.78 is 0. The molecule has 0 aliphatic carbocycles. The van der Waals surface area contributed by atoms with Gasteiger partial charge in [-0.1, -0.05) is 54.6 Å². The van der Waals surface area contributed by atoms with Crippen LogP contribution >= 0.6 is 0 Å². The van der Waals surface area contributed by atoms with Gasteiger partial charge in [0, 0.05) is 100 Å². The van der Waals surface area contributed by atoms with Crippen LogP contribution < -0.4 is 0 Å². The van der Waals surface area contributed by atoms with E-state index < -0.39 is 0 Å². The van der Waals surface area contributed by atoms with Crippen molar-refractivity contribution in [2.24, 2.45) is 0 Å². The molecule has 0 fully saturated rings. The summed E-state index contributed by atoms with van der Waals surface area (Å²) in [5.74, 6) is 0. The van der Waals surface area contributed by atoms with Crippen LogP contribution in [0.2, 0.25) is 0 Å². The first kappa shape index (κ1) is 29.8. The van der Waals surface area contributed by atoms with Gasteiger partial charge in [-0.25, -0.2) is 0 Å². The number of nitrogens with zero attached hydrogens (tertiary/aromatic N) is 5. The predicted molar refractivity (Wildman–Crippen MR) is 198 cm³/mol. The molecule has 5 heterocycles. The van der Waals surface area contributed by atoms with E-state index in [0.717, 1.165) is 83.6 Å². The number of aromatic nitrogens is 5. The Labute approximate surface area is 285 Å². The number of pyridine rings is 5. The maximum Gasteiger partial charge on any atom is 0.0457 e. The lowest BCUT2D eigenvalue weighted by Gasteiger charge is -2.20. The van der Waals surface area contributed by atoms with E-state index >= 15 is 0 Å². The minimum Gasteiger partial charge on any atom is -0.264 e. The Balaban J connectivity index is 1.42. The number of benzene rings is 3. The summed E-state index contributed by atoms with van der Waals surface area (Å²) in [4.78, 5) is 22.8. The topological polar surface area (TPSA) is 64.5 Å². The summed E-state index contributed by atoms with van der Waals surface area (Å²) in [5, 5.41) is 0. The molecule has 3 aromatic carbocycles. The fraction of sp³-hybridized carbons (Fsp3) is 0.0227. The van der Waals surface area contributed by atoms with Gasteiger partial charge >= 0.3 is 0 Å². The summed E-state index contributed by atoms with van der Waals surface area (Å²) in [6, 6.07) is 40.3. The smallest absolute Gasteiger partial charge is 0.0457 e. The van der Waals surface area contributed by atoms with Crippen LogP contribution in [0.3, 0.4) is 0 Å². The van der Waals surface area contributed by atoms with E-state index in [1.165, 1.54) is 0 Å². The molecule has 5 nitrogen and oxygen atoms in total. The van der Waals surface area contributed by atoms with Crippen molar-refractivity contribution in [1.29, 1.82) is 0 Å². The third-order valence-corrected chi connectivity index (χ3v) is 8.78. The highest BCUT2D eigenvalue weighted by molar-refractivity contribution is 5.98. The van der Waals surface area contributed by atoms with E-state index in [1.807, 2.05) is 55.2 Å². The van der Waals surface area contributed by atoms with Crippen molar-refractivity contribution in [1.82, 2.24) is 24.9 Å². The van der Waals surface area contributed by atoms with Crippen LogP contribution in [0.5, 0.6) is 0 Å². The molecule has 0 saturated carbocycles. The van der Waals surface area contributed by atoms with Gasteiger partial charge in [0.15, 0.2) is 0 Å². The van der Waals surface area contributed by atoms with Crippen molar-refractivity contribution >= 4 is 0 Å². The summed E-state index contributed by atoms with van der Waals surface area (Å²) in [6.45, 7) is 2.10. The quantitative estimate of drug-likeness (QED) is 0.175. The Kier molecular flexibility index (Phi) is 8.06. The second kappa shape index (κ2) is 13.3. The van der Waals surface area contributed by atoms with Gasteiger partial charge in [-0.05, 0) is 107 Å². The Morgan fingerprint density at radius 3 is 1.12 bits per heavy atom. The van der Waals surface area contributed by atoms with E-state index in [2.05, 4.69) is 118 Å². The van der Waals surface area contributed by atoms with Gasteiger partial charge in [-0.3, -0.25) is 24.9 Å². The fourth-order valence-corrected chi connectivity index (χ4v) is 6.44. The number of hydrogen-bond donors (Lipinski definition) is 0. The standard InChI is InChI=1S/C44H31N5/c1-30-43(41-23-38(34-13-7-17-47-27-34)20-39(24-41)35-14-8-18-48-28-35)44(31-9-3-2-4-10-31)42(29-49-30)40-21-36(32-11-5-15-45-25-32)19-37(22-40)33-12-6-16-46-26-33/h2-29H,1H3. The zero-order chi connectivity index (χ0) is 33.0. The summed E-state index contributed by atoms with van der Waals surface area (Å²) in [7, 11) is 0. The number of hydrogen-bond acceptors (Lipinski definition) is 5. The maximum absolute atomic E-state index is 5.08. The van der Waals surface area contributed by atoms with Crippen LogP contribution in [0.25, 0.3) is 77.9 Å². The molecule has 0 radical (unpaired) electrons. The van der Waals surface area contributed by atoms with Crippen LogP contribution in [0.4, 0.5) is 0 Å². The molecule has 0 bridgehead atoms. The van der Waals surface area contributed by atoms with Gasteiger partial charge in [0.25, 0.3) is 0 Å². The Bertz CT molecular complexity index is 2250. The zero-order valence-corrected chi connectivity index (χ0v) is 26.9. The molecule has 8 aromatic rings. The van der Waals surface area contributed by atoms with Crippen LogP contribution in [-0.4, -0.2) is 24.9 Å². The lowest BCUT2D eigenvalue weighted by atomic mass is 9.85. The molecule has 0 spiro atoms. The molecular formula is C44H31N5. The minimum absolute atomic E-state index is 0.943. The molecule has 0 aliphatic rings. The van der Waals surface area contributed by atoms with Crippen molar-refractivity contribution < 1.29 is 0 Å². The van der Waals surface area contributed by atoms with E-state index in [1.54, 1.807) is 24.8 Å². The molecule has 5 heteroatoms. The molecule has 232 valence electrons. The highest BCUT2D eigenvalue weighted by Crippen LogP contribution is 2.44. The largest absolute Gasteiger partial charge is 0.264 e. The SMILES string of the molecule is Cc1ncc(-c2cc(-c3cccnc3)cc(-c3cccnc3)c2)c(-c2ccccc2)c1-c1cc(-c2cccnc2)cc(-c2cccnc2)c1. The fourth-order valence-electron chi connectivity index (χ4n) is 6.44. The van der Waals surface area contributed by atoms with Crippen LogP contribution in [-0.2, 0) is 0 Å². The van der Waals surface area contributed by atoms with Crippen LogP contribution in [0, 0.1) is 6.92 Å². The predicted octanol–water partition coefficient (Wildman–Crippen LogP) is 10.6. The number of aryl methyl sites for hydroxylation is 1. The lowest BCUT2D eigenvalue weighted by Crippen LogP contribution is -1.98. The van der Waals surface area contributed by atoms with Crippen molar-refractivity contribution in [2.45, 2.75) is 6.92 Å². The molecule has 8 rings (SSSR count). The van der Waals surface area contributed by atoms with Crippen molar-refractivity contribution in [3.63, 3.8) is 0 Å². The van der Waals surface area contributed by atoms with E-state index in [9.17, 15) is 0 Å². The molecule has 0 amide bonds. The summed E-state index contributed by atoms with van der Waals surface area (Å²) in [6.07, 6.45) is 16.9. The number of rotatable bonds is 7. The first-order valence-electron chi connectivity index (χ1n) is 16.2. The Morgan fingerprint density at radius 2 is 0.714 bits per heavy atom. The van der Waals surface area contributed by atoms with E-state index in [-0.39, 0.29) is 0 Å². The van der Waals surface area contributed by atoms with Crippen LogP contribution in [0.1, 0.15) is 5.69 Å². The minimum atomic E-state index is 0.943. The highest BCUT2D eigenvalue weighted by Gasteiger charge is 2.20. The average Bonchev–Trinajstić information content (AvgIpc) is 3.19. The molecule has 0 N–H and O–H groups in total. The van der Waals surface area contributed by atoms with Crippen molar-refractivity contribution in [2.75, 3.05) is 0 Å². The molecular weight excluding hydrogens is 599 g/mol. The second-order valence-corrected chi connectivity index (χ2v) is 11.9. The van der Waals surface area contributed by atoms with Gasteiger partial charge in [-0.15, -0.1) is 0 Å². The van der Waals surface area contributed by atoms with Gasteiger partial charge in [0.05, 0.1) is 0 Å². The zero-order valence-electron chi connectivity index (χ0n) is 26.9. The van der Waals surface area contributed by atoms with Crippen LogP contribution in [0.15, 0.2) is 171 Å². The van der Waals surface area contributed by atoms with Crippen molar-refractivity contribution in [3.05, 3.63) is 177 Å². The van der Waals surface area contributed by atoms with Gasteiger partial charge in [0.2, 0.25) is 0 Å². The van der Waals surface area contributed by atoms with Crippen molar-refractivity contribution in [3.8, 4) is 77.9 Å². The van der Waals surface area contributed by atoms with E-state index in [4.69, 9.17) is 4.98 Å². The summed E-state index contributed by atoms with van der Waals surface area (Å²) >= 11 is 0. The third kappa shape index (κ3) is 6.13. The molecule has 49 heavy (non-hydrogen) atoms. The molecule has 0 unspecified atom stereocenters. The second-order valence-electron chi connectivity index (χ2n) is 11.9. The maximum atomic E-state index is 5.08. The monoisotopic (exact) mass is 629 g/mol. The van der Waals surface area contributed by atoms with Gasteiger partial charge < -0.3 is 0 Å². The first-order valence-corrected chi connectivity index (χ1v) is 16.2. The molecule has 0 aliphatic heterocycles. The lowest BCUT2D eigenvalue weighted by molar-refractivity contribution is 1.21. The van der Waals surface area contributed by atoms with E-state index in [0.29, 0.717) is 0 Å². The summed E-state index contributed by atoms with van der Waals surface area (Å²) in [5.41, 5.74) is 15.9.